The molecule has 79 valence electrons. The minimum absolute atomic E-state index is 0.947. The summed E-state index contributed by atoms with van der Waals surface area (Å²) in [4.78, 5) is 2.16. The smallest absolute Gasteiger partial charge is 0.112 e. The van der Waals surface area contributed by atoms with Gasteiger partial charge in [0.25, 0.3) is 0 Å². The van der Waals surface area contributed by atoms with Crippen LogP contribution in [0.1, 0.15) is 11.5 Å². The fourth-order valence-electron chi connectivity index (χ4n) is 1.76. The van der Waals surface area contributed by atoms with Crippen molar-refractivity contribution >= 4 is 0 Å². The molecule has 0 aliphatic heterocycles. The molecule has 1 fully saturated rings. The molecular weight excluding hydrogens is 186 g/mol. The molecule has 1 aromatic heterocycles. The summed E-state index contributed by atoms with van der Waals surface area (Å²) in [6.07, 6.45) is 6.33. The maximum absolute atomic E-state index is 5.63. The SMILES string of the molecule is Cc1ccc([C]2[CH][CH][CH][C]2CN(C)C)o1. The largest absolute Gasteiger partial charge is 0.466 e. The molecular formula is C13H16NO. The van der Waals surface area contributed by atoms with Crippen molar-refractivity contribution in [1.29, 1.82) is 0 Å². The van der Waals surface area contributed by atoms with Crippen molar-refractivity contribution in [3.63, 3.8) is 0 Å². The van der Waals surface area contributed by atoms with Crippen LogP contribution in [0, 0.1) is 38.0 Å². The highest BCUT2D eigenvalue weighted by Gasteiger charge is 2.32. The maximum atomic E-state index is 5.63. The summed E-state index contributed by atoms with van der Waals surface area (Å²) in [7, 11) is 4.15. The van der Waals surface area contributed by atoms with E-state index in [-0.39, 0.29) is 0 Å². The number of hydrogen-bond acceptors (Lipinski definition) is 2. The van der Waals surface area contributed by atoms with E-state index in [1.54, 1.807) is 0 Å². The van der Waals surface area contributed by atoms with E-state index < -0.39 is 0 Å². The van der Waals surface area contributed by atoms with Gasteiger partial charge in [0, 0.05) is 12.5 Å². The molecule has 0 unspecified atom stereocenters. The second-order valence-corrected chi connectivity index (χ2v) is 4.11. The minimum Gasteiger partial charge on any atom is -0.466 e. The molecule has 15 heavy (non-hydrogen) atoms. The summed E-state index contributed by atoms with van der Waals surface area (Å²) in [5, 5.41) is 0. The van der Waals surface area contributed by atoms with E-state index in [9.17, 15) is 0 Å². The molecule has 0 aromatic carbocycles. The molecule has 1 aliphatic carbocycles. The summed E-state index contributed by atoms with van der Waals surface area (Å²) in [5.41, 5.74) is 0. The van der Waals surface area contributed by atoms with Crippen molar-refractivity contribution in [2.24, 2.45) is 0 Å². The molecule has 0 spiro atoms. The summed E-state index contributed by atoms with van der Waals surface area (Å²) in [6, 6.07) is 4.03. The standard InChI is InChI=1S/C13H16NO/c1-10-7-8-13(15-10)12-6-4-5-11(12)9-14(2)3/h4-8H,9H2,1-3H3. The van der Waals surface area contributed by atoms with Crippen LogP contribution in [-0.2, 0) is 0 Å². The molecule has 1 aromatic rings. The lowest BCUT2D eigenvalue weighted by Crippen LogP contribution is -2.22. The van der Waals surface area contributed by atoms with Crippen LogP contribution in [0.4, 0.5) is 0 Å². The fraction of sp³-hybridized carbons (Fsp3) is 0.308. The fourth-order valence-corrected chi connectivity index (χ4v) is 1.76. The third kappa shape index (κ3) is 2.43. The van der Waals surface area contributed by atoms with Gasteiger partial charge in [0.2, 0.25) is 0 Å². The van der Waals surface area contributed by atoms with E-state index in [2.05, 4.69) is 38.3 Å². The molecule has 0 N–H and O–H groups in total. The van der Waals surface area contributed by atoms with Crippen molar-refractivity contribution < 1.29 is 4.42 Å². The first-order valence-corrected chi connectivity index (χ1v) is 5.13. The van der Waals surface area contributed by atoms with Crippen molar-refractivity contribution in [3.05, 3.63) is 54.8 Å². The Bertz CT molecular complexity index is 316. The normalized spacial score (nSPS) is 19.2. The molecule has 1 aliphatic rings. The molecule has 0 amide bonds. The number of aryl methyl sites for hydroxylation is 1. The van der Waals surface area contributed by atoms with Crippen LogP contribution in [-0.4, -0.2) is 25.5 Å². The lowest BCUT2D eigenvalue weighted by molar-refractivity contribution is 0.422. The molecule has 0 saturated heterocycles. The Morgan fingerprint density at radius 1 is 1.20 bits per heavy atom. The topological polar surface area (TPSA) is 16.4 Å². The van der Waals surface area contributed by atoms with E-state index in [1.165, 1.54) is 11.8 Å². The Morgan fingerprint density at radius 2 is 2.00 bits per heavy atom. The Kier molecular flexibility index (Phi) is 3.15. The number of hydrogen-bond donors (Lipinski definition) is 0. The summed E-state index contributed by atoms with van der Waals surface area (Å²) in [5.74, 6) is 4.45. The molecule has 2 heteroatoms. The van der Waals surface area contributed by atoms with Gasteiger partial charge in [-0.25, -0.2) is 0 Å². The van der Waals surface area contributed by atoms with Crippen molar-refractivity contribution in [3.8, 4) is 0 Å². The van der Waals surface area contributed by atoms with Gasteiger partial charge in [0.05, 0.1) is 5.92 Å². The van der Waals surface area contributed by atoms with Gasteiger partial charge < -0.3 is 9.32 Å². The van der Waals surface area contributed by atoms with Crippen LogP contribution in [0.25, 0.3) is 0 Å². The Labute approximate surface area is 92.3 Å². The van der Waals surface area contributed by atoms with Gasteiger partial charge in [-0.3, -0.25) is 0 Å². The zero-order valence-electron chi connectivity index (χ0n) is 9.45. The van der Waals surface area contributed by atoms with Crippen molar-refractivity contribution in [2.75, 3.05) is 20.6 Å². The maximum Gasteiger partial charge on any atom is 0.112 e. The van der Waals surface area contributed by atoms with Crippen LogP contribution >= 0.6 is 0 Å². The molecule has 0 bridgehead atoms. The summed E-state index contributed by atoms with van der Waals surface area (Å²) in [6.45, 7) is 2.92. The minimum atomic E-state index is 0.947. The summed E-state index contributed by atoms with van der Waals surface area (Å²) >= 11 is 0. The number of rotatable bonds is 3. The Hall–Kier alpha value is -0.760. The third-order valence-corrected chi connectivity index (χ3v) is 2.40. The van der Waals surface area contributed by atoms with Gasteiger partial charge in [0.15, 0.2) is 0 Å². The van der Waals surface area contributed by atoms with E-state index in [4.69, 9.17) is 4.42 Å². The second kappa shape index (κ2) is 4.40. The Morgan fingerprint density at radius 3 is 2.60 bits per heavy atom. The van der Waals surface area contributed by atoms with E-state index in [0.717, 1.165) is 18.1 Å². The van der Waals surface area contributed by atoms with Gasteiger partial charge in [-0.15, -0.1) is 0 Å². The second-order valence-electron chi connectivity index (χ2n) is 4.11. The highest BCUT2D eigenvalue weighted by Crippen LogP contribution is 2.39. The highest BCUT2D eigenvalue weighted by atomic mass is 16.3. The number of furan rings is 1. The van der Waals surface area contributed by atoms with Crippen LogP contribution in [0.15, 0.2) is 16.5 Å². The predicted octanol–water partition coefficient (Wildman–Crippen LogP) is 2.27. The van der Waals surface area contributed by atoms with Gasteiger partial charge in [0.1, 0.15) is 11.5 Å². The molecule has 5 radical (unpaired) electrons. The average molecular weight is 202 g/mol. The van der Waals surface area contributed by atoms with E-state index >= 15 is 0 Å². The first-order chi connectivity index (χ1) is 7.16. The van der Waals surface area contributed by atoms with Gasteiger partial charge in [-0.1, -0.05) is 0 Å². The zero-order valence-corrected chi connectivity index (χ0v) is 9.45. The number of nitrogens with zero attached hydrogens (tertiary/aromatic N) is 1. The molecule has 0 atom stereocenters. The van der Waals surface area contributed by atoms with Crippen LogP contribution in [0.2, 0.25) is 0 Å². The first kappa shape index (κ1) is 10.7. The lowest BCUT2D eigenvalue weighted by Gasteiger charge is -2.19. The van der Waals surface area contributed by atoms with Gasteiger partial charge in [-0.2, -0.15) is 0 Å². The van der Waals surface area contributed by atoms with Crippen molar-refractivity contribution in [2.45, 2.75) is 6.92 Å². The van der Waals surface area contributed by atoms with Crippen LogP contribution in [0.3, 0.4) is 0 Å². The summed E-state index contributed by atoms with van der Waals surface area (Å²) < 4.78 is 5.63. The predicted molar refractivity (Wildman–Crippen MR) is 60.5 cm³/mol. The van der Waals surface area contributed by atoms with Crippen LogP contribution in [0.5, 0.6) is 0 Å². The van der Waals surface area contributed by atoms with E-state index in [0.29, 0.717) is 0 Å². The van der Waals surface area contributed by atoms with Gasteiger partial charge >= 0.3 is 0 Å². The monoisotopic (exact) mass is 202 g/mol. The van der Waals surface area contributed by atoms with E-state index in [1.807, 2.05) is 19.1 Å². The zero-order chi connectivity index (χ0) is 10.8. The van der Waals surface area contributed by atoms with Crippen molar-refractivity contribution in [1.82, 2.24) is 4.90 Å². The first-order valence-electron chi connectivity index (χ1n) is 5.13. The van der Waals surface area contributed by atoms with Gasteiger partial charge in [-0.05, 0) is 52.4 Å². The molecule has 1 saturated carbocycles. The van der Waals surface area contributed by atoms with Crippen LogP contribution < -0.4 is 0 Å². The quantitative estimate of drug-likeness (QED) is 0.747. The molecule has 1 heterocycles. The Balaban J connectivity index is 2.07. The molecule has 2 rings (SSSR count). The lowest BCUT2D eigenvalue weighted by atomic mass is 9.93. The highest BCUT2D eigenvalue weighted by molar-refractivity contribution is 5.53. The molecule has 2 nitrogen and oxygen atoms in total. The third-order valence-electron chi connectivity index (χ3n) is 2.40. The average Bonchev–Trinajstić information content (AvgIpc) is 2.72.